The Bertz CT molecular complexity index is 726. The van der Waals surface area contributed by atoms with Gasteiger partial charge in [-0.1, -0.05) is 20.8 Å². The van der Waals surface area contributed by atoms with Gasteiger partial charge in [-0.3, -0.25) is 9.59 Å². The lowest BCUT2D eigenvalue weighted by atomic mass is 9.93. The zero-order chi connectivity index (χ0) is 22.4. The Balaban J connectivity index is 1.58. The minimum atomic E-state index is -0.510. The van der Waals surface area contributed by atoms with E-state index in [4.69, 9.17) is 4.74 Å². The molecule has 6 heteroatoms. The van der Waals surface area contributed by atoms with Crippen LogP contribution in [-0.4, -0.2) is 67.5 Å². The van der Waals surface area contributed by atoms with Crippen molar-refractivity contribution in [3.63, 3.8) is 0 Å². The van der Waals surface area contributed by atoms with Crippen molar-refractivity contribution in [2.24, 2.45) is 17.8 Å². The molecular formula is C25H39N3O3. The molecule has 6 nitrogen and oxygen atoms in total. The molecule has 0 saturated carbocycles. The molecule has 0 spiro atoms. The van der Waals surface area contributed by atoms with Crippen molar-refractivity contribution < 1.29 is 14.3 Å². The molecule has 3 rings (SSSR count). The number of amides is 2. The first-order valence-corrected chi connectivity index (χ1v) is 11.8. The van der Waals surface area contributed by atoms with E-state index in [1.165, 1.54) is 32.4 Å². The normalized spacial score (nSPS) is 21.7. The molecule has 0 radical (unpaired) electrons. The van der Waals surface area contributed by atoms with Gasteiger partial charge in [-0.25, -0.2) is 0 Å². The van der Waals surface area contributed by atoms with Crippen LogP contribution < -0.4 is 10.1 Å². The van der Waals surface area contributed by atoms with Crippen LogP contribution in [0.2, 0.25) is 0 Å². The predicted octanol–water partition coefficient (Wildman–Crippen LogP) is 3.42. The number of likely N-dealkylation sites (tertiary alicyclic amines) is 2. The number of piperidine rings is 2. The Morgan fingerprint density at radius 2 is 1.77 bits per heavy atom. The van der Waals surface area contributed by atoms with E-state index in [1.54, 1.807) is 31.4 Å². The van der Waals surface area contributed by atoms with Gasteiger partial charge in [0.15, 0.2) is 0 Å². The molecule has 1 N–H and O–H groups in total. The second-order valence-electron chi connectivity index (χ2n) is 9.70. The van der Waals surface area contributed by atoms with Crippen LogP contribution in [0.4, 0.5) is 0 Å². The molecule has 2 saturated heterocycles. The molecule has 2 fully saturated rings. The summed E-state index contributed by atoms with van der Waals surface area (Å²) in [6.45, 7) is 11.4. The topological polar surface area (TPSA) is 61.9 Å². The Morgan fingerprint density at radius 1 is 1.10 bits per heavy atom. The summed E-state index contributed by atoms with van der Waals surface area (Å²) in [5.41, 5.74) is 0.537. The van der Waals surface area contributed by atoms with Crippen molar-refractivity contribution in [2.45, 2.75) is 52.5 Å². The van der Waals surface area contributed by atoms with Crippen LogP contribution in [0.3, 0.4) is 0 Å². The number of ether oxygens (including phenoxy) is 1. The summed E-state index contributed by atoms with van der Waals surface area (Å²) in [5, 5.41) is 2.99. The SMILES string of the molecule is COc1ccc(C(=O)NC(C(=O)N2CCCC(CN3CCC(C)CC3)C2)C(C)C)cc1. The van der Waals surface area contributed by atoms with E-state index in [0.29, 0.717) is 17.2 Å². The van der Waals surface area contributed by atoms with Crippen LogP contribution in [0.15, 0.2) is 24.3 Å². The lowest BCUT2D eigenvalue weighted by molar-refractivity contribution is -0.136. The summed E-state index contributed by atoms with van der Waals surface area (Å²) in [7, 11) is 1.60. The maximum atomic E-state index is 13.4. The van der Waals surface area contributed by atoms with Gasteiger partial charge in [0.2, 0.25) is 5.91 Å². The third kappa shape index (κ3) is 6.45. The second kappa shape index (κ2) is 11.0. The van der Waals surface area contributed by atoms with Crippen LogP contribution in [0.1, 0.15) is 56.8 Å². The molecule has 2 atom stereocenters. The molecule has 2 heterocycles. The van der Waals surface area contributed by atoms with E-state index >= 15 is 0 Å². The molecular weight excluding hydrogens is 390 g/mol. The third-order valence-electron chi connectivity index (χ3n) is 6.79. The van der Waals surface area contributed by atoms with E-state index < -0.39 is 6.04 Å². The van der Waals surface area contributed by atoms with Gasteiger partial charge in [0.05, 0.1) is 7.11 Å². The highest BCUT2D eigenvalue weighted by Crippen LogP contribution is 2.23. The fraction of sp³-hybridized carbons (Fsp3) is 0.680. The summed E-state index contributed by atoms with van der Waals surface area (Å²) in [4.78, 5) is 30.7. The van der Waals surface area contributed by atoms with Gasteiger partial charge >= 0.3 is 0 Å². The number of hydrogen-bond donors (Lipinski definition) is 1. The summed E-state index contributed by atoms with van der Waals surface area (Å²) >= 11 is 0. The van der Waals surface area contributed by atoms with Gasteiger partial charge in [-0.05, 0) is 80.8 Å². The van der Waals surface area contributed by atoms with E-state index in [-0.39, 0.29) is 17.7 Å². The van der Waals surface area contributed by atoms with E-state index in [1.807, 2.05) is 18.7 Å². The number of hydrogen-bond acceptors (Lipinski definition) is 4. The first-order chi connectivity index (χ1) is 14.9. The Morgan fingerprint density at radius 3 is 2.39 bits per heavy atom. The number of carbonyl (C=O) groups is 2. The van der Waals surface area contributed by atoms with Crippen molar-refractivity contribution in [3.8, 4) is 5.75 Å². The van der Waals surface area contributed by atoms with E-state index in [9.17, 15) is 9.59 Å². The van der Waals surface area contributed by atoms with Gasteiger partial charge < -0.3 is 19.9 Å². The molecule has 1 aromatic carbocycles. The lowest BCUT2D eigenvalue weighted by Crippen LogP contribution is -2.54. The number of benzene rings is 1. The molecule has 0 bridgehead atoms. The highest BCUT2D eigenvalue weighted by Gasteiger charge is 2.32. The average Bonchev–Trinajstić information content (AvgIpc) is 2.78. The summed E-state index contributed by atoms with van der Waals surface area (Å²) < 4.78 is 5.16. The zero-order valence-electron chi connectivity index (χ0n) is 19.6. The Labute approximate surface area is 187 Å². The van der Waals surface area contributed by atoms with E-state index in [2.05, 4.69) is 17.1 Å². The first kappa shape index (κ1) is 23.6. The highest BCUT2D eigenvalue weighted by molar-refractivity contribution is 5.97. The molecule has 0 aromatic heterocycles. The minimum absolute atomic E-state index is 0.0265. The average molecular weight is 430 g/mol. The van der Waals surface area contributed by atoms with Crippen molar-refractivity contribution in [1.29, 1.82) is 0 Å². The number of nitrogens with zero attached hydrogens (tertiary/aromatic N) is 2. The highest BCUT2D eigenvalue weighted by atomic mass is 16.5. The fourth-order valence-electron chi connectivity index (χ4n) is 4.70. The molecule has 1 aromatic rings. The van der Waals surface area contributed by atoms with Gasteiger partial charge in [-0.15, -0.1) is 0 Å². The van der Waals surface area contributed by atoms with Crippen LogP contribution >= 0.6 is 0 Å². The van der Waals surface area contributed by atoms with Crippen molar-refractivity contribution in [2.75, 3.05) is 39.8 Å². The molecule has 2 unspecified atom stereocenters. The van der Waals surface area contributed by atoms with Gasteiger partial charge in [0.25, 0.3) is 5.91 Å². The largest absolute Gasteiger partial charge is 0.497 e. The maximum Gasteiger partial charge on any atom is 0.251 e. The lowest BCUT2D eigenvalue weighted by Gasteiger charge is -2.39. The number of carbonyl (C=O) groups excluding carboxylic acids is 2. The summed E-state index contributed by atoms with van der Waals surface area (Å²) in [5.74, 6) is 1.92. The smallest absolute Gasteiger partial charge is 0.251 e. The molecule has 2 aliphatic heterocycles. The monoisotopic (exact) mass is 429 g/mol. The van der Waals surface area contributed by atoms with Crippen molar-refractivity contribution in [1.82, 2.24) is 15.1 Å². The van der Waals surface area contributed by atoms with Crippen LogP contribution in [0.25, 0.3) is 0 Å². The molecule has 2 amide bonds. The number of nitrogens with one attached hydrogen (secondary N) is 1. The maximum absolute atomic E-state index is 13.4. The zero-order valence-corrected chi connectivity index (χ0v) is 19.6. The van der Waals surface area contributed by atoms with Crippen molar-refractivity contribution in [3.05, 3.63) is 29.8 Å². The van der Waals surface area contributed by atoms with Gasteiger partial charge in [0.1, 0.15) is 11.8 Å². The van der Waals surface area contributed by atoms with Crippen LogP contribution in [0, 0.1) is 17.8 Å². The number of rotatable bonds is 7. The van der Waals surface area contributed by atoms with E-state index in [0.717, 1.165) is 32.0 Å². The van der Waals surface area contributed by atoms with Crippen LogP contribution in [0.5, 0.6) is 5.75 Å². The van der Waals surface area contributed by atoms with Gasteiger partial charge in [0, 0.05) is 25.2 Å². The molecule has 31 heavy (non-hydrogen) atoms. The Kier molecular flexibility index (Phi) is 8.35. The summed E-state index contributed by atoms with van der Waals surface area (Å²) in [6.07, 6.45) is 4.78. The molecule has 2 aliphatic rings. The fourth-order valence-corrected chi connectivity index (χ4v) is 4.70. The standard InChI is InChI=1S/C25H39N3O3/c1-18(2)23(26-24(29)21-7-9-22(31-4)10-8-21)25(30)28-13-5-6-20(17-28)16-27-14-11-19(3)12-15-27/h7-10,18-20,23H,5-6,11-17H2,1-4H3,(H,26,29). The number of methoxy groups -OCH3 is 1. The summed E-state index contributed by atoms with van der Waals surface area (Å²) in [6, 6.07) is 6.47. The van der Waals surface area contributed by atoms with Crippen molar-refractivity contribution >= 4 is 11.8 Å². The van der Waals surface area contributed by atoms with Gasteiger partial charge in [-0.2, -0.15) is 0 Å². The third-order valence-corrected chi connectivity index (χ3v) is 6.79. The second-order valence-corrected chi connectivity index (χ2v) is 9.70. The quantitative estimate of drug-likeness (QED) is 0.721. The van der Waals surface area contributed by atoms with Crippen LogP contribution in [-0.2, 0) is 4.79 Å². The molecule has 0 aliphatic carbocycles. The molecule has 172 valence electrons. The minimum Gasteiger partial charge on any atom is -0.497 e. The predicted molar refractivity (Wildman–Crippen MR) is 123 cm³/mol. The first-order valence-electron chi connectivity index (χ1n) is 11.8. The Hall–Kier alpha value is -2.08.